The van der Waals surface area contributed by atoms with Crippen molar-refractivity contribution in [2.45, 2.75) is 50.4 Å². The maximum atomic E-state index is 13.7. The summed E-state index contributed by atoms with van der Waals surface area (Å²) >= 11 is 0. The molecule has 10 heteroatoms. The number of hydrogen-bond acceptors (Lipinski definition) is 6. The van der Waals surface area contributed by atoms with Crippen molar-refractivity contribution in [3.63, 3.8) is 0 Å². The number of rotatable bonds is 11. The van der Waals surface area contributed by atoms with Crippen LogP contribution in [0.2, 0.25) is 0 Å². The largest absolute Gasteiger partial charge is 0.389 e. The summed E-state index contributed by atoms with van der Waals surface area (Å²) in [7, 11) is -2.30. The minimum Gasteiger partial charge on any atom is -0.389 e. The predicted molar refractivity (Wildman–Crippen MR) is 160 cm³/mol. The molecule has 0 radical (unpaired) electrons. The highest BCUT2D eigenvalue weighted by Crippen LogP contribution is 2.23. The van der Waals surface area contributed by atoms with E-state index in [4.69, 9.17) is 0 Å². The monoisotopic (exact) mass is 578 g/mol. The summed E-state index contributed by atoms with van der Waals surface area (Å²) in [6.45, 7) is 2.65. The van der Waals surface area contributed by atoms with Crippen LogP contribution in [0.3, 0.4) is 0 Å². The molecule has 3 unspecified atom stereocenters. The molecule has 1 aliphatic rings. The molecular formula is C31H38N4O5S. The van der Waals surface area contributed by atoms with Gasteiger partial charge in [-0.2, -0.15) is 0 Å². The Labute approximate surface area is 242 Å². The zero-order valence-electron chi connectivity index (χ0n) is 23.6. The fourth-order valence-electron chi connectivity index (χ4n) is 5.01. The molecule has 0 saturated carbocycles. The second kappa shape index (κ2) is 13.3. The first-order valence-electron chi connectivity index (χ1n) is 13.7. The predicted octanol–water partition coefficient (Wildman–Crippen LogP) is 3.03. The lowest BCUT2D eigenvalue weighted by molar-refractivity contribution is 0.0738. The molecule has 218 valence electrons. The first kappa shape index (κ1) is 30.2. The van der Waals surface area contributed by atoms with Crippen LogP contribution in [-0.4, -0.2) is 63.4 Å². The van der Waals surface area contributed by atoms with Crippen LogP contribution in [0.5, 0.6) is 0 Å². The van der Waals surface area contributed by atoms with E-state index in [1.54, 1.807) is 0 Å². The second-order valence-electron chi connectivity index (χ2n) is 10.6. The highest BCUT2D eigenvalue weighted by atomic mass is 32.2. The molecule has 4 N–H and O–H groups in total. The van der Waals surface area contributed by atoms with Gasteiger partial charge in [-0.05, 0) is 62.1 Å². The number of aliphatic hydroxyl groups excluding tert-OH is 1. The van der Waals surface area contributed by atoms with E-state index in [0.717, 1.165) is 41.1 Å². The third-order valence-electron chi connectivity index (χ3n) is 7.49. The summed E-state index contributed by atoms with van der Waals surface area (Å²) in [6.07, 6.45) is 2.33. The van der Waals surface area contributed by atoms with Gasteiger partial charge >= 0.3 is 0 Å². The molecule has 0 bridgehead atoms. The first-order chi connectivity index (χ1) is 19.5. The van der Waals surface area contributed by atoms with Crippen LogP contribution in [0.1, 0.15) is 57.7 Å². The van der Waals surface area contributed by atoms with Gasteiger partial charge in [0.2, 0.25) is 10.0 Å². The number of carbonyl (C=O) groups excluding carboxylic acids is 2. The first-order valence-corrected chi connectivity index (χ1v) is 15.6. The van der Waals surface area contributed by atoms with Crippen molar-refractivity contribution in [2.75, 3.05) is 24.2 Å². The highest BCUT2D eigenvalue weighted by Gasteiger charge is 2.31. The summed E-state index contributed by atoms with van der Waals surface area (Å²) in [5.41, 5.74) is 2.29. The zero-order valence-corrected chi connectivity index (χ0v) is 24.4. The Morgan fingerprint density at radius 3 is 2.12 bits per heavy atom. The van der Waals surface area contributed by atoms with Gasteiger partial charge in [-0.25, -0.2) is 8.42 Å². The minimum atomic E-state index is -3.67. The molecule has 1 aliphatic heterocycles. The van der Waals surface area contributed by atoms with Gasteiger partial charge in [-0.15, -0.1) is 0 Å². The van der Waals surface area contributed by atoms with E-state index >= 15 is 0 Å². The standard InChI is InChI=1S/C31H38N4O5S/c1-21(23-13-8-5-9-14-23)33-30(37)24-18-25(20-26(19-24)35(2)41(3,39)40)31(38)34-28(17-22-11-6-4-7-12-22)29(36)27-15-10-16-32-27/h4-9,11-14,18-21,27-29,32,36H,10,15-17H2,1-3H3,(H,33,37)(H,34,38)/t21-,27?,28?,29?/m1/s1. The van der Waals surface area contributed by atoms with Crippen LogP contribution < -0.4 is 20.3 Å². The lowest BCUT2D eigenvalue weighted by Gasteiger charge is -2.29. The SMILES string of the molecule is C[C@@H](NC(=O)c1cc(C(=O)NC(Cc2ccccc2)C(O)C2CCCN2)cc(N(C)S(C)(=O)=O)c1)c1ccccc1. The van der Waals surface area contributed by atoms with Crippen LogP contribution in [0.4, 0.5) is 5.69 Å². The number of aliphatic hydroxyl groups is 1. The number of sulfonamides is 1. The van der Waals surface area contributed by atoms with Crippen LogP contribution in [0.15, 0.2) is 78.9 Å². The Morgan fingerprint density at radius 2 is 1.56 bits per heavy atom. The smallest absolute Gasteiger partial charge is 0.251 e. The van der Waals surface area contributed by atoms with Gasteiger partial charge in [-0.3, -0.25) is 13.9 Å². The molecule has 1 fully saturated rings. The molecule has 0 aliphatic carbocycles. The Balaban J connectivity index is 1.64. The van der Waals surface area contributed by atoms with Crippen molar-refractivity contribution in [2.24, 2.45) is 0 Å². The maximum absolute atomic E-state index is 13.7. The molecule has 41 heavy (non-hydrogen) atoms. The molecule has 1 saturated heterocycles. The number of hydrogen-bond donors (Lipinski definition) is 4. The normalized spacial score (nSPS) is 17.3. The van der Waals surface area contributed by atoms with E-state index in [0.29, 0.717) is 6.42 Å². The third kappa shape index (κ3) is 7.93. The van der Waals surface area contributed by atoms with E-state index in [9.17, 15) is 23.1 Å². The summed E-state index contributed by atoms with van der Waals surface area (Å²) in [5, 5.41) is 20.4. The van der Waals surface area contributed by atoms with E-state index < -0.39 is 34.0 Å². The maximum Gasteiger partial charge on any atom is 0.251 e. The van der Waals surface area contributed by atoms with Gasteiger partial charge in [0.1, 0.15) is 0 Å². The molecule has 4 rings (SSSR count). The van der Waals surface area contributed by atoms with Crippen molar-refractivity contribution >= 4 is 27.5 Å². The van der Waals surface area contributed by atoms with Crippen LogP contribution in [0.25, 0.3) is 0 Å². The molecular weight excluding hydrogens is 540 g/mol. The topological polar surface area (TPSA) is 128 Å². The lowest BCUT2D eigenvalue weighted by atomic mass is 9.95. The fraction of sp³-hybridized carbons (Fsp3) is 0.355. The number of amides is 2. The minimum absolute atomic E-state index is 0.111. The average molecular weight is 579 g/mol. The number of nitrogens with zero attached hydrogens (tertiary/aromatic N) is 1. The highest BCUT2D eigenvalue weighted by molar-refractivity contribution is 7.92. The van der Waals surface area contributed by atoms with E-state index in [1.165, 1.54) is 25.2 Å². The Hall–Kier alpha value is -3.73. The van der Waals surface area contributed by atoms with E-state index in [-0.39, 0.29) is 28.9 Å². The summed E-state index contributed by atoms with van der Waals surface area (Å²) < 4.78 is 25.7. The fourth-order valence-corrected chi connectivity index (χ4v) is 5.50. The summed E-state index contributed by atoms with van der Waals surface area (Å²) in [6, 6.07) is 22.3. The van der Waals surface area contributed by atoms with Crippen LogP contribution in [0, 0.1) is 0 Å². The van der Waals surface area contributed by atoms with E-state index in [2.05, 4.69) is 16.0 Å². The van der Waals surface area contributed by atoms with Gasteiger partial charge < -0.3 is 21.1 Å². The van der Waals surface area contributed by atoms with Crippen LogP contribution in [-0.2, 0) is 16.4 Å². The number of carbonyl (C=O) groups is 2. The Bertz CT molecular complexity index is 1440. The Morgan fingerprint density at radius 1 is 0.976 bits per heavy atom. The second-order valence-corrected chi connectivity index (χ2v) is 12.6. The van der Waals surface area contributed by atoms with Gasteiger partial charge in [0.25, 0.3) is 11.8 Å². The lowest BCUT2D eigenvalue weighted by Crippen LogP contribution is -2.52. The summed E-state index contributed by atoms with van der Waals surface area (Å²) in [5.74, 6) is -0.966. The molecule has 4 atom stereocenters. The zero-order chi connectivity index (χ0) is 29.6. The van der Waals surface area contributed by atoms with E-state index in [1.807, 2.05) is 67.6 Å². The van der Waals surface area contributed by atoms with Gasteiger partial charge in [0.05, 0.1) is 30.1 Å². The van der Waals surface area contributed by atoms with Crippen molar-refractivity contribution < 1.29 is 23.1 Å². The van der Waals surface area contributed by atoms with Crippen molar-refractivity contribution in [1.82, 2.24) is 16.0 Å². The molecule has 9 nitrogen and oxygen atoms in total. The molecule has 3 aromatic rings. The van der Waals surface area contributed by atoms with Crippen molar-refractivity contribution in [3.05, 3.63) is 101 Å². The van der Waals surface area contributed by atoms with Gasteiger partial charge in [-0.1, -0.05) is 60.7 Å². The third-order valence-corrected chi connectivity index (χ3v) is 8.69. The Kier molecular flexibility index (Phi) is 9.80. The molecule has 0 spiro atoms. The molecule has 2 amide bonds. The number of anilines is 1. The number of nitrogens with one attached hydrogen (secondary N) is 3. The average Bonchev–Trinajstić information content (AvgIpc) is 3.51. The number of benzene rings is 3. The molecule has 0 aromatic heterocycles. The molecule has 1 heterocycles. The van der Waals surface area contributed by atoms with Crippen molar-refractivity contribution in [1.29, 1.82) is 0 Å². The van der Waals surface area contributed by atoms with Crippen LogP contribution >= 0.6 is 0 Å². The van der Waals surface area contributed by atoms with Gasteiger partial charge in [0.15, 0.2) is 0 Å². The van der Waals surface area contributed by atoms with Gasteiger partial charge in [0, 0.05) is 24.2 Å². The summed E-state index contributed by atoms with van der Waals surface area (Å²) in [4.78, 5) is 27.0. The quantitative estimate of drug-likeness (QED) is 0.277. The van der Waals surface area contributed by atoms with Crippen molar-refractivity contribution in [3.8, 4) is 0 Å². The molecule has 3 aromatic carbocycles.